The van der Waals surface area contributed by atoms with Gasteiger partial charge in [-0.2, -0.15) is 0 Å². The normalized spacial score (nSPS) is 12.3. The third kappa shape index (κ3) is 5.17. The van der Waals surface area contributed by atoms with Crippen LogP contribution in [-0.2, 0) is 4.79 Å². The van der Waals surface area contributed by atoms with E-state index in [0.29, 0.717) is 12.5 Å². The zero-order valence-corrected chi connectivity index (χ0v) is 12.5. The molecule has 1 aromatic carbocycles. The van der Waals surface area contributed by atoms with Crippen LogP contribution < -0.4 is 15.4 Å². The van der Waals surface area contributed by atoms with E-state index in [4.69, 9.17) is 4.74 Å². The first-order valence-electron chi connectivity index (χ1n) is 6.80. The first kappa shape index (κ1) is 16.4. The Morgan fingerprint density at radius 3 is 2.60 bits per heavy atom. The summed E-state index contributed by atoms with van der Waals surface area (Å²) in [6.07, 6.45) is 0. The van der Waals surface area contributed by atoms with Gasteiger partial charge in [0, 0.05) is 12.6 Å². The third-order valence-corrected chi connectivity index (χ3v) is 2.96. The molecule has 0 spiro atoms. The van der Waals surface area contributed by atoms with E-state index in [1.165, 1.54) is 6.07 Å². The van der Waals surface area contributed by atoms with E-state index < -0.39 is 5.82 Å². The van der Waals surface area contributed by atoms with E-state index in [1.807, 2.05) is 27.8 Å². The zero-order chi connectivity index (χ0) is 15.1. The quantitative estimate of drug-likeness (QED) is 0.806. The van der Waals surface area contributed by atoms with Crippen molar-refractivity contribution < 1.29 is 13.9 Å². The number of hydrogen-bond donors (Lipinski definition) is 2. The summed E-state index contributed by atoms with van der Waals surface area (Å²) in [6.45, 7) is 6.35. The monoisotopic (exact) mass is 282 g/mol. The van der Waals surface area contributed by atoms with Gasteiger partial charge in [-0.05, 0) is 37.6 Å². The average Bonchev–Trinajstić information content (AvgIpc) is 2.42. The molecular weight excluding hydrogens is 259 g/mol. The topological polar surface area (TPSA) is 50.4 Å². The summed E-state index contributed by atoms with van der Waals surface area (Å²) < 4.78 is 19.0. The molecule has 1 rings (SSSR count). The lowest BCUT2D eigenvalue weighted by atomic mass is 10.1. The number of nitrogens with one attached hydrogen (secondary N) is 2. The molecule has 0 aliphatic rings. The summed E-state index contributed by atoms with van der Waals surface area (Å²) in [5.41, 5.74) is 0.835. The minimum atomic E-state index is -0.457. The molecule has 1 unspecified atom stereocenters. The Morgan fingerprint density at radius 1 is 1.35 bits per heavy atom. The van der Waals surface area contributed by atoms with Gasteiger partial charge in [-0.15, -0.1) is 0 Å². The van der Waals surface area contributed by atoms with Crippen LogP contribution in [0, 0.1) is 11.7 Å². The van der Waals surface area contributed by atoms with Gasteiger partial charge in [0.15, 0.2) is 18.2 Å². The van der Waals surface area contributed by atoms with Gasteiger partial charge < -0.3 is 15.4 Å². The van der Waals surface area contributed by atoms with Crippen molar-refractivity contribution in [3.63, 3.8) is 0 Å². The maximum absolute atomic E-state index is 13.8. The molecule has 0 radical (unpaired) electrons. The van der Waals surface area contributed by atoms with Gasteiger partial charge >= 0.3 is 0 Å². The van der Waals surface area contributed by atoms with Gasteiger partial charge in [-0.1, -0.05) is 19.9 Å². The fraction of sp³-hybridized carbons (Fsp3) is 0.533. The van der Waals surface area contributed by atoms with Gasteiger partial charge in [-0.3, -0.25) is 4.79 Å². The molecule has 0 fully saturated rings. The van der Waals surface area contributed by atoms with Crippen molar-refractivity contribution in [1.29, 1.82) is 0 Å². The Labute approximate surface area is 119 Å². The van der Waals surface area contributed by atoms with Gasteiger partial charge in [0.1, 0.15) is 0 Å². The van der Waals surface area contributed by atoms with Crippen LogP contribution in [0.3, 0.4) is 0 Å². The molecule has 0 saturated carbocycles. The van der Waals surface area contributed by atoms with E-state index in [9.17, 15) is 9.18 Å². The second-order valence-corrected chi connectivity index (χ2v) is 5.19. The van der Waals surface area contributed by atoms with Crippen LogP contribution in [0.1, 0.15) is 32.4 Å². The molecule has 0 aliphatic heterocycles. The number of carbonyl (C=O) groups is 1. The first-order valence-corrected chi connectivity index (χ1v) is 6.80. The van der Waals surface area contributed by atoms with Crippen LogP contribution in [-0.4, -0.2) is 26.1 Å². The number of ether oxygens (including phenoxy) is 1. The summed E-state index contributed by atoms with van der Waals surface area (Å²) in [6, 6.07) is 4.82. The first-order chi connectivity index (χ1) is 9.43. The van der Waals surface area contributed by atoms with Crippen molar-refractivity contribution in [3.8, 4) is 5.75 Å². The highest BCUT2D eigenvalue weighted by atomic mass is 19.1. The predicted molar refractivity (Wildman–Crippen MR) is 77.2 cm³/mol. The van der Waals surface area contributed by atoms with Gasteiger partial charge in [0.25, 0.3) is 5.91 Å². The molecule has 0 heterocycles. The molecule has 0 bridgehead atoms. The lowest BCUT2D eigenvalue weighted by Crippen LogP contribution is -2.31. The highest BCUT2D eigenvalue weighted by molar-refractivity contribution is 5.77. The van der Waals surface area contributed by atoms with Crippen molar-refractivity contribution in [3.05, 3.63) is 29.6 Å². The van der Waals surface area contributed by atoms with Crippen molar-refractivity contribution in [1.82, 2.24) is 10.6 Å². The van der Waals surface area contributed by atoms with Crippen LogP contribution in [0.15, 0.2) is 18.2 Å². The van der Waals surface area contributed by atoms with Crippen LogP contribution in [0.5, 0.6) is 5.75 Å². The Kier molecular flexibility index (Phi) is 6.45. The number of carbonyl (C=O) groups excluding carboxylic acids is 1. The molecule has 2 N–H and O–H groups in total. The SMILES string of the molecule is CNC(C)c1ccc(OCC(=O)NCC(C)C)c(F)c1. The molecule has 4 nitrogen and oxygen atoms in total. The van der Waals surface area contributed by atoms with E-state index in [0.717, 1.165) is 5.56 Å². The van der Waals surface area contributed by atoms with Gasteiger partial charge in [-0.25, -0.2) is 4.39 Å². The maximum Gasteiger partial charge on any atom is 0.257 e. The predicted octanol–water partition coefficient (Wildman–Crippen LogP) is 2.26. The number of benzene rings is 1. The van der Waals surface area contributed by atoms with Crippen molar-refractivity contribution in [2.45, 2.75) is 26.8 Å². The lowest BCUT2D eigenvalue weighted by Gasteiger charge is -2.13. The Hall–Kier alpha value is -1.62. The van der Waals surface area contributed by atoms with Crippen LogP contribution >= 0.6 is 0 Å². The minimum absolute atomic E-state index is 0.0629. The highest BCUT2D eigenvalue weighted by Crippen LogP contribution is 2.21. The molecular formula is C15H23FN2O2. The van der Waals surface area contributed by atoms with E-state index in [1.54, 1.807) is 12.1 Å². The van der Waals surface area contributed by atoms with Crippen molar-refractivity contribution in [2.24, 2.45) is 5.92 Å². The van der Waals surface area contributed by atoms with Crippen LogP contribution in [0.25, 0.3) is 0 Å². The number of rotatable bonds is 7. The van der Waals surface area contributed by atoms with E-state index in [-0.39, 0.29) is 24.3 Å². The largest absolute Gasteiger partial charge is 0.481 e. The molecule has 0 aromatic heterocycles. The summed E-state index contributed by atoms with van der Waals surface area (Å²) in [7, 11) is 1.81. The fourth-order valence-electron chi connectivity index (χ4n) is 1.58. The van der Waals surface area contributed by atoms with Crippen molar-refractivity contribution in [2.75, 3.05) is 20.2 Å². The fourth-order valence-corrected chi connectivity index (χ4v) is 1.58. The second-order valence-electron chi connectivity index (χ2n) is 5.19. The van der Waals surface area contributed by atoms with Crippen molar-refractivity contribution >= 4 is 5.91 Å². The van der Waals surface area contributed by atoms with Crippen LogP contribution in [0.4, 0.5) is 4.39 Å². The second kappa shape index (κ2) is 7.85. The number of hydrogen-bond acceptors (Lipinski definition) is 3. The number of amides is 1. The summed E-state index contributed by atoms with van der Waals surface area (Å²) >= 11 is 0. The minimum Gasteiger partial charge on any atom is -0.481 e. The molecule has 0 saturated heterocycles. The molecule has 1 aromatic rings. The number of halogens is 1. The molecule has 1 amide bonds. The van der Waals surface area contributed by atoms with E-state index >= 15 is 0 Å². The molecule has 0 aliphatic carbocycles. The lowest BCUT2D eigenvalue weighted by molar-refractivity contribution is -0.123. The Morgan fingerprint density at radius 2 is 2.05 bits per heavy atom. The summed E-state index contributed by atoms with van der Waals surface area (Å²) in [5, 5.41) is 5.75. The van der Waals surface area contributed by atoms with Gasteiger partial charge in [0.05, 0.1) is 0 Å². The summed E-state index contributed by atoms with van der Waals surface area (Å²) in [4.78, 5) is 11.5. The molecule has 20 heavy (non-hydrogen) atoms. The van der Waals surface area contributed by atoms with Crippen LogP contribution in [0.2, 0.25) is 0 Å². The maximum atomic E-state index is 13.8. The smallest absolute Gasteiger partial charge is 0.257 e. The van der Waals surface area contributed by atoms with E-state index in [2.05, 4.69) is 10.6 Å². The van der Waals surface area contributed by atoms with Gasteiger partial charge in [0.2, 0.25) is 0 Å². The molecule has 5 heteroatoms. The standard InChI is InChI=1S/C15H23FN2O2/c1-10(2)8-18-15(19)9-20-14-6-5-12(7-13(14)16)11(3)17-4/h5-7,10-11,17H,8-9H2,1-4H3,(H,18,19). The summed E-state index contributed by atoms with van der Waals surface area (Å²) in [5.74, 6) is -0.234. The zero-order valence-electron chi connectivity index (χ0n) is 12.5. The molecule has 112 valence electrons. The third-order valence-electron chi connectivity index (χ3n) is 2.96. The average molecular weight is 282 g/mol. The highest BCUT2D eigenvalue weighted by Gasteiger charge is 2.10. The Balaban J connectivity index is 2.54. The Bertz CT molecular complexity index is 449. The molecule has 1 atom stereocenters.